The molecule has 0 aliphatic carbocycles. The maximum atomic E-state index is 12.9. The van der Waals surface area contributed by atoms with Crippen LogP contribution in [0.1, 0.15) is 61.0 Å². The van der Waals surface area contributed by atoms with Crippen LogP contribution in [-0.4, -0.2) is 47.6 Å². The molecule has 2 rings (SSSR count). The normalized spacial score (nSPS) is 13.4. The van der Waals surface area contributed by atoms with Gasteiger partial charge in [0.25, 0.3) is 0 Å². The summed E-state index contributed by atoms with van der Waals surface area (Å²) in [6.07, 6.45) is -0.364. The van der Waals surface area contributed by atoms with Gasteiger partial charge in [-0.25, -0.2) is 14.6 Å². The van der Waals surface area contributed by atoms with Gasteiger partial charge in [0.1, 0.15) is 22.8 Å². The molecule has 0 spiro atoms. The first kappa shape index (κ1) is 28.9. The first-order valence-corrected chi connectivity index (χ1v) is 11.9. The molecule has 36 heavy (non-hydrogen) atoms. The number of pyridine rings is 1. The Morgan fingerprint density at radius 2 is 1.50 bits per heavy atom. The number of methoxy groups -OCH3 is 1. The first-order chi connectivity index (χ1) is 16.7. The number of hydrogen-bond acceptors (Lipinski definition) is 8. The molecule has 1 unspecified atom stereocenters. The SMILES string of the molecule is COc1ccc(NC(C)[C@H](C)OCc2ccnc(N(C(=O)OC(C)(C)C)C(=O)OC(C)(C)C)c2)cc1. The van der Waals surface area contributed by atoms with Gasteiger partial charge in [-0.3, -0.25) is 0 Å². The lowest BCUT2D eigenvalue weighted by Crippen LogP contribution is -2.44. The molecule has 0 aliphatic heterocycles. The van der Waals surface area contributed by atoms with Gasteiger partial charge < -0.3 is 24.3 Å². The van der Waals surface area contributed by atoms with E-state index < -0.39 is 23.4 Å². The van der Waals surface area contributed by atoms with Crippen molar-refractivity contribution in [1.29, 1.82) is 0 Å². The number of carbonyl (C=O) groups is 2. The van der Waals surface area contributed by atoms with Crippen molar-refractivity contribution < 1.29 is 28.5 Å². The Labute approximate surface area is 214 Å². The van der Waals surface area contributed by atoms with Crippen molar-refractivity contribution in [3.05, 3.63) is 48.2 Å². The van der Waals surface area contributed by atoms with E-state index in [1.54, 1.807) is 60.8 Å². The van der Waals surface area contributed by atoms with Gasteiger partial charge >= 0.3 is 12.2 Å². The lowest BCUT2D eigenvalue weighted by atomic mass is 10.2. The Balaban J connectivity index is 2.12. The fraction of sp³-hybridized carbons (Fsp3) is 0.519. The van der Waals surface area contributed by atoms with Crippen LogP contribution in [0.4, 0.5) is 21.1 Å². The molecule has 0 aliphatic rings. The number of ether oxygens (including phenoxy) is 4. The van der Waals surface area contributed by atoms with Gasteiger partial charge in [-0.2, -0.15) is 4.90 Å². The monoisotopic (exact) mass is 501 g/mol. The number of rotatable bonds is 8. The van der Waals surface area contributed by atoms with Gasteiger partial charge in [0, 0.05) is 17.9 Å². The molecule has 1 aromatic carbocycles. The molecule has 0 fully saturated rings. The van der Waals surface area contributed by atoms with Gasteiger partial charge in [0.15, 0.2) is 0 Å². The number of amides is 2. The predicted molar refractivity (Wildman–Crippen MR) is 140 cm³/mol. The smallest absolute Gasteiger partial charge is 0.425 e. The van der Waals surface area contributed by atoms with E-state index in [9.17, 15) is 9.59 Å². The van der Waals surface area contributed by atoms with Crippen LogP contribution < -0.4 is 15.0 Å². The molecule has 1 aromatic heterocycles. The zero-order chi connectivity index (χ0) is 27.1. The molecular formula is C27H39N3O6. The van der Waals surface area contributed by atoms with E-state index in [1.807, 2.05) is 38.1 Å². The van der Waals surface area contributed by atoms with Crippen LogP contribution in [0.25, 0.3) is 0 Å². The van der Waals surface area contributed by atoms with Gasteiger partial charge in [-0.1, -0.05) is 0 Å². The van der Waals surface area contributed by atoms with E-state index in [-0.39, 0.29) is 24.6 Å². The number of carbonyl (C=O) groups excluding carboxylic acids is 2. The molecular weight excluding hydrogens is 462 g/mol. The summed E-state index contributed by atoms with van der Waals surface area (Å²) in [4.78, 5) is 30.8. The molecule has 2 aromatic rings. The summed E-state index contributed by atoms with van der Waals surface area (Å²) in [5.74, 6) is 0.884. The predicted octanol–water partition coefficient (Wildman–Crippen LogP) is 6.17. The van der Waals surface area contributed by atoms with E-state index in [0.717, 1.165) is 21.9 Å². The fourth-order valence-electron chi connectivity index (χ4n) is 2.99. The third-order valence-corrected chi connectivity index (χ3v) is 4.89. The summed E-state index contributed by atoms with van der Waals surface area (Å²) in [6, 6.07) is 11.1. The fourth-order valence-corrected chi connectivity index (χ4v) is 2.99. The Kier molecular flexibility index (Phi) is 9.69. The molecule has 2 amide bonds. The van der Waals surface area contributed by atoms with Crippen LogP contribution in [0.5, 0.6) is 5.75 Å². The summed E-state index contributed by atoms with van der Waals surface area (Å²) < 4.78 is 22.1. The van der Waals surface area contributed by atoms with Crippen LogP contribution in [0.2, 0.25) is 0 Å². The molecule has 1 N–H and O–H groups in total. The lowest BCUT2D eigenvalue weighted by Gasteiger charge is -2.28. The van der Waals surface area contributed by atoms with Crippen LogP contribution in [-0.2, 0) is 20.8 Å². The zero-order valence-corrected chi connectivity index (χ0v) is 22.7. The summed E-state index contributed by atoms with van der Waals surface area (Å²) in [5.41, 5.74) is 0.0806. The second-order valence-corrected chi connectivity index (χ2v) is 10.5. The van der Waals surface area contributed by atoms with Crippen molar-refractivity contribution in [2.45, 2.75) is 85.3 Å². The maximum Gasteiger partial charge on any atom is 0.425 e. The third-order valence-electron chi connectivity index (χ3n) is 4.89. The Hall–Kier alpha value is -3.33. The highest BCUT2D eigenvalue weighted by Gasteiger charge is 2.33. The summed E-state index contributed by atoms with van der Waals surface area (Å²) >= 11 is 0. The molecule has 0 bridgehead atoms. The topological polar surface area (TPSA) is 99.2 Å². The summed E-state index contributed by atoms with van der Waals surface area (Å²) in [5, 5.41) is 3.41. The van der Waals surface area contributed by atoms with E-state index in [2.05, 4.69) is 10.3 Å². The number of benzene rings is 1. The lowest BCUT2D eigenvalue weighted by molar-refractivity contribution is 0.0419. The number of anilines is 2. The van der Waals surface area contributed by atoms with Crippen molar-refractivity contribution in [2.75, 3.05) is 17.3 Å². The minimum absolute atomic E-state index is 0.0136. The molecule has 0 saturated carbocycles. The van der Waals surface area contributed by atoms with E-state index in [1.165, 1.54) is 6.20 Å². The number of hydrogen-bond donors (Lipinski definition) is 1. The Morgan fingerprint density at radius 3 is 2.00 bits per heavy atom. The number of nitrogens with one attached hydrogen (secondary N) is 1. The zero-order valence-electron chi connectivity index (χ0n) is 22.7. The van der Waals surface area contributed by atoms with Crippen molar-refractivity contribution in [3.8, 4) is 5.75 Å². The van der Waals surface area contributed by atoms with E-state index >= 15 is 0 Å². The summed E-state index contributed by atoms with van der Waals surface area (Å²) in [7, 11) is 1.63. The second kappa shape index (κ2) is 12.1. The highest BCUT2D eigenvalue weighted by molar-refractivity contribution is 6.08. The van der Waals surface area contributed by atoms with Gasteiger partial charge in [-0.05, 0) is 97.4 Å². The molecule has 9 heteroatoms. The number of imide groups is 1. The molecule has 0 saturated heterocycles. The van der Waals surface area contributed by atoms with Crippen LogP contribution >= 0.6 is 0 Å². The van der Waals surface area contributed by atoms with Crippen molar-refractivity contribution in [2.24, 2.45) is 0 Å². The average molecular weight is 502 g/mol. The van der Waals surface area contributed by atoms with Crippen molar-refractivity contribution in [3.63, 3.8) is 0 Å². The van der Waals surface area contributed by atoms with Crippen molar-refractivity contribution in [1.82, 2.24) is 4.98 Å². The standard InChI is InChI=1S/C27H39N3O6/c1-18(29-21-10-12-22(33-9)13-11-21)19(2)34-17-20-14-15-28-23(16-20)30(24(31)35-26(3,4)5)25(32)36-27(6,7)8/h10-16,18-19,29H,17H2,1-9H3/t18?,19-/m0/s1. The van der Waals surface area contributed by atoms with Gasteiger partial charge in [0.05, 0.1) is 19.8 Å². The Morgan fingerprint density at radius 1 is 0.944 bits per heavy atom. The second-order valence-electron chi connectivity index (χ2n) is 10.5. The number of aromatic nitrogens is 1. The van der Waals surface area contributed by atoms with E-state index in [0.29, 0.717) is 0 Å². The highest BCUT2D eigenvalue weighted by atomic mass is 16.6. The Bertz CT molecular complexity index is 983. The summed E-state index contributed by atoms with van der Waals surface area (Å²) in [6.45, 7) is 14.6. The highest BCUT2D eigenvalue weighted by Crippen LogP contribution is 2.22. The van der Waals surface area contributed by atoms with Crippen molar-refractivity contribution >= 4 is 23.7 Å². The first-order valence-electron chi connectivity index (χ1n) is 11.9. The van der Waals surface area contributed by atoms with Gasteiger partial charge in [0.2, 0.25) is 0 Å². The minimum Gasteiger partial charge on any atom is -0.497 e. The molecule has 198 valence electrons. The molecule has 2 atom stereocenters. The van der Waals surface area contributed by atoms with Crippen LogP contribution in [0, 0.1) is 0 Å². The average Bonchev–Trinajstić information content (AvgIpc) is 2.76. The molecule has 9 nitrogen and oxygen atoms in total. The van der Waals surface area contributed by atoms with Crippen LogP contribution in [0.3, 0.4) is 0 Å². The number of nitrogens with zero attached hydrogens (tertiary/aromatic N) is 2. The van der Waals surface area contributed by atoms with E-state index in [4.69, 9.17) is 18.9 Å². The minimum atomic E-state index is -0.868. The van der Waals surface area contributed by atoms with Crippen LogP contribution in [0.15, 0.2) is 42.6 Å². The maximum absolute atomic E-state index is 12.9. The van der Waals surface area contributed by atoms with Gasteiger partial charge in [-0.15, -0.1) is 0 Å². The molecule has 0 radical (unpaired) electrons. The molecule has 1 heterocycles. The third kappa shape index (κ3) is 9.37. The largest absolute Gasteiger partial charge is 0.497 e. The quantitative estimate of drug-likeness (QED) is 0.458.